The number of halogens is 1. The van der Waals surface area contributed by atoms with Crippen LogP contribution >= 0.6 is 11.6 Å². The van der Waals surface area contributed by atoms with Crippen LogP contribution in [0.5, 0.6) is 0 Å². The Bertz CT molecular complexity index is 203. The number of furan rings is 1. The van der Waals surface area contributed by atoms with Crippen molar-refractivity contribution >= 4 is 11.6 Å². The smallest absolute Gasteiger partial charge is 0.193 e. The maximum Gasteiger partial charge on any atom is 0.193 e. The first-order chi connectivity index (χ1) is 4.68. The van der Waals surface area contributed by atoms with Gasteiger partial charge in [-0.15, -0.1) is 0 Å². The largest absolute Gasteiger partial charge is 0.450 e. The summed E-state index contributed by atoms with van der Waals surface area (Å²) in [5.41, 5.74) is 0. The lowest BCUT2D eigenvalue weighted by Gasteiger charge is -1.97. The molecule has 0 aliphatic rings. The van der Waals surface area contributed by atoms with E-state index in [0.29, 0.717) is 5.22 Å². The molecule has 0 N–H and O–H groups in total. The van der Waals surface area contributed by atoms with E-state index in [4.69, 9.17) is 16.0 Å². The molecule has 0 unspecified atom stereocenters. The van der Waals surface area contributed by atoms with Gasteiger partial charge in [0.2, 0.25) is 0 Å². The second-order valence-corrected chi connectivity index (χ2v) is 2.96. The molecule has 0 saturated heterocycles. The molecule has 0 fully saturated rings. The molecule has 0 aliphatic carbocycles. The van der Waals surface area contributed by atoms with Crippen LogP contribution in [0.25, 0.3) is 0 Å². The SMILES string of the molecule is C[C](C)Cc1ccc(Cl)o1. The number of hydrogen-bond acceptors (Lipinski definition) is 1. The highest BCUT2D eigenvalue weighted by molar-refractivity contribution is 6.28. The maximum absolute atomic E-state index is 5.57. The maximum atomic E-state index is 5.57. The lowest BCUT2D eigenvalue weighted by molar-refractivity contribution is 0.514. The van der Waals surface area contributed by atoms with Crippen molar-refractivity contribution in [3.05, 3.63) is 29.0 Å². The molecule has 55 valence electrons. The van der Waals surface area contributed by atoms with E-state index in [1.807, 2.05) is 6.07 Å². The zero-order valence-corrected chi connectivity index (χ0v) is 6.90. The third-order valence-corrected chi connectivity index (χ3v) is 1.36. The van der Waals surface area contributed by atoms with Gasteiger partial charge in [-0.25, -0.2) is 0 Å². The van der Waals surface area contributed by atoms with Gasteiger partial charge in [-0.1, -0.05) is 13.8 Å². The molecule has 0 aliphatic heterocycles. The Morgan fingerprint density at radius 3 is 2.60 bits per heavy atom. The summed E-state index contributed by atoms with van der Waals surface area (Å²) in [6.07, 6.45) is 0.882. The zero-order valence-electron chi connectivity index (χ0n) is 6.15. The van der Waals surface area contributed by atoms with Crippen molar-refractivity contribution in [3.8, 4) is 0 Å². The highest BCUT2D eigenvalue weighted by Crippen LogP contribution is 2.16. The minimum atomic E-state index is 0.469. The van der Waals surface area contributed by atoms with E-state index in [-0.39, 0.29) is 0 Å². The monoisotopic (exact) mass is 157 g/mol. The first-order valence-electron chi connectivity index (χ1n) is 3.22. The van der Waals surface area contributed by atoms with Crippen LogP contribution in [0.2, 0.25) is 5.22 Å². The van der Waals surface area contributed by atoms with Crippen LogP contribution in [0.3, 0.4) is 0 Å². The van der Waals surface area contributed by atoms with Gasteiger partial charge in [-0.2, -0.15) is 0 Å². The lowest BCUT2D eigenvalue weighted by atomic mass is 10.1. The molecule has 0 aromatic carbocycles. The summed E-state index contributed by atoms with van der Waals surface area (Å²) in [5.74, 6) is 2.26. The molecule has 1 heterocycles. The van der Waals surface area contributed by atoms with Gasteiger partial charge in [-0.05, 0) is 29.7 Å². The van der Waals surface area contributed by atoms with Crippen LogP contribution in [0.4, 0.5) is 0 Å². The van der Waals surface area contributed by atoms with Crippen molar-refractivity contribution in [2.75, 3.05) is 0 Å². The molecule has 2 heteroatoms. The summed E-state index contributed by atoms with van der Waals surface area (Å²) in [5, 5.41) is 0.469. The van der Waals surface area contributed by atoms with Gasteiger partial charge < -0.3 is 4.42 Å². The molecule has 0 saturated carbocycles. The Kier molecular flexibility index (Phi) is 2.39. The van der Waals surface area contributed by atoms with Crippen LogP contribution in [-0.2, 0) is 6.42 Å². The van der Waals surface area contributed by atoms with E-state index in [0.717, 1.165) is 12.2 Å². The normalized spacial score (nSPS) is 10.8. The molecule has 1 aromatic heterocycles. The van der Waals surface area contributed by atoms with Crippen molar-refractivity contribution in [2.45, 2.75) is 20.3 Å². The molecule has 1 aromatic rings. The van der Waals surface area contributed by atoms with Gasteiger partial charge >= 0.3 is 0 Å². The number of rotatable bonds is 2. The summed E-state index contributed by atoms with van der Waals surface area (Å²) >= 11 is 5.57. The fourth-order valence-electron chi connectivity index (χ4n) is 0.795. The van der Waals surface area contributed by atoms with Crippen LogP contribution < -0.4 is 0 Å². The van der Waals surface area contributed by atoms with Crippen molar-refractivity contribution in [2.24, 2.45) is 0 Å². The Morgan fingerprint density at radius 2 is 2.20 bits per heavy atom. The predicted molar refractivity (Wildman–Crippen MR) is 42.0 cm³/mol. The summed E-state index contributed by atoms with van der Waals surface area (Å²) in [6.45, 7) is 4.13. The first-order valence-corrected chi connectivity index (χ1v) is 3.59. The van der Waals surface area contributed by atoms with Crippen molar-refractivity contribution in [1.82, 2.24) is 0 Å². The second-order valence-electron chi connectivity index (χ2n) is 2.59. The van der Waals surface area contributed by atoms with Gasteiger partial charge in [0.1, 0.15) is 5.76 Å². The van der Waals surface area contributed by atoms with E-state index < -0.39 is 0 Å². The molecule has 1 nitrogen and oxygen atoms in total. The third-order valence-electron chi connectivity index (χ3n) is 1.16. The minimum absolute atomic E-state index is 0.469. The van der Waals surface area contributed by atoms with E-state index >= 15 is 0 Å². The summed E-state index contributed by atoms with van der Waals surface area (Å²) in [4.78, 5) is 0. The van der Waals surface area contributed by atoms with Crippen LogP contribution in [-0.4, -0.2) is 0 Å². The van der Waals surface area contributed by atoms with E-state index in [9.17, 15) is 0 Å². The van der Waals surface area contributed by atoms with Crippen LogP contribution in [0.1, 0.15) is 19.6 Å². The Labute approximate surface area is 66.0 Å². The first kappa shape index (κ1) is 7.67. The highest BCUT2D eigenvalue weighted by atomic mass is 35.5. The molecule has 0 amide bonds. The Morgan fingerprint density at radius 1 is 1.50 bits per heavy atom. The molecule has 1 radical (unpaired) electrons. The third kappa shape index (κ3) is 2.07. The lowest BCUT2D eigenvalue weighted by Crippen LogP contribution is -1.87. The second kappa shape index (κ2) is 3.11. The number of hydrogen-bond donors (Lipinski definition) is 0. The molecular formula is C8H10ClO. The summed E-state index contributed by atoms with van der Waals surface area (Å²) in [6, 6.07) is 3.66. The molecule has 10 heavy (non-hydrogen) atoms. The Hall–Kier alpha value is -0.430. The molecular weight excluding hydrogens is 148 g/mol. The summed E-state index contributed by atoms with van der Waals surface area (Å²) < 4.78 is 5.14. The van der Waals surface area contributed by atoms with Crippen molar-refractivity contribution in [1.29, 1.82) is 0 Å². The van der Waals surface area contributed by atoms with Crippen molar-refractivity contribution < 1.29 is 4.42 Å². The van der Waals surface area contributed by atoms with E-state index in [1.165, 1.54) is 5.92 Å². The predicted octanol–water partition coefficient (Wildman–Crippen LogP) is 3.09. The van der Waals surface area contributed by atoms with Gasteiger partial charge in [0, 0.05) is 6.42 Å². The van der Waals surface area contributed by atoms with Crippen molar-refractivity contribution in [3.63, 3.8) is 0 Å². The van der Waals surface area contributed by atoms with Gasteiger partial charge in [0.05, 0.1) is 0 Å². The van der Waals surface area contributed by atoms with E-state index in [2.05, 4.69) is 13.8 Å². The summed E-state index contributed by atoms with van der Waals surface area (Å²) in [7, 11) is 0. The van der Waals surface area contributed by atoms with Crippen LogP contribution in [0.15, 0.2) is 16.5 Å². The molecule has 0 bridgehead atoms. The van der Waals surface area contributed by atoms with E-state index in [1.54, 1.807) is 6.07 Å². The quantitative estimate of drug-likeness (QED) is 0.643. The van der Waals surface area contributed by atoms with Gasteiger partial charge in [0.25, 0.3) is 0 Å². The standard InChI is InChI=1S/C8H10ClO/c1-6(2)5-7-3-4-8(9)10-7/h3-4H,5H2,1-2H3. The Balaban J connectivity index is 2.58. The highest BCUT2D eigenvalue weighted by Gasteiger charge is 2.01. The fraction of sp³-hybridized carbons (Fsp3) is 0.375. The average molecular weight is 158 g/mol. The molecule has 0 atom stereocenters. The van der Waals surface area contributed by atoms with Crippen LogP contribution in [0, 0.1) is 5.92 Å². The fourth-order valence-corrected chi connectivity index (χ4v) is 0.957. The minimum Gasteiger partial charge on any atom is -0.450 e. The zero-order chi connectivity index (χ0) is 7.56. The van der Waals surface area contributed by atoms with Gasteiger partial charge in [0.15, 0.2) is 5.22 Å². The average Bonchev–Trinajstić information content (AvgIpc) is 2.13. The topological polar surface area (TPSA) is 13.1 Å². The molecule has 1 rings (SSSR count). The molecule has 0 spiro atoms. The van der Waals surface area contributed by atoms with Gasteiger partial charge in [-0.3, -0.25) is 0 Å².